The fourth-order valence-electron chi connectivity index (χ4n) is 2.14. The van der Waals surface area contributed by atoms with Crippen molar-refractivity contribution in [3.05, 3.63) is 15.8 Å². The third kappa shape index (κ3) is 3.94. The quantitative estimate of drug-likeness (QED) is 0.580. The second-order valence-electron chi connectivity index (χ2n) is 4.96. The third-order valence-electron chi connectivity index (χ3n) is 3.14. The van der Waals surface area contributed by atoms with Crippen molar-refractivity contribution in [3.8, 4) is 0 Å². The van der Waals surface area contributed by atoms with Crippen LogP contribution < -0.4 is 5.32 Å². The number of anilines is 1. The highest BCUT2D eigenvalue weighted by atomic mass is 16.6. The molecule has 0 aliphatic heterocycles. The zero-order valence-corrected chi connectivity index (χ0v) is 12.3. The van der Waals surface area contributed by atoms with Crippen molar-refractivity contribution in [1.82, 2.24) is 9.78 Å². The Hall–Kier alpha value is -1.59. The molecule has 1 rings (SSSR count). The summed E-state index contributed by atoms with van der Waals surface area (Å²) in [5.41, 5.74) is 0.702. The Labute approximate surface area is 114 Å². The number of hydrogen-bond donors (Lipinski definition) is 1. The van der Waals surface area contributed by atoms with E-state index in [4.69, 9.17) is 0 Å². The molecule has 1 atom stereocenters. The minimum Gasteiger partial charge on any atom is -0.362 e. The summed E-state index contributed by atoms with van der Waals surface area (Å²) in [6.45, 7) is 6.18. The van der Waals surface area contributed by atoms with Crippen LogP contribution in [0.25, 0.3) is 0 Å². The summed E-state index contributed by atoms with van der Waals surface area (Å²) in [5, 5.41) is 18.7. The van der Waals surface area contributed by atoms with Gasteiger partial charge in [0, 0.05) is 13.1 Å². The summed E-state index contributed by atoms with van der Waals surface area (Å²) in [5.74, 6) is 0.525. The fourth-order valence-corrected chi connectivity index (χ4v) is 2.14. The van der Waals surface area contributed by atoms with Gasteiger partial charge in [0.05, 0.1) is 4.92 Å². The van der Waals surface area contributed by atoms with Gasteiger partial charge in [-0.15, -0.1) is 0 Å². The van der Waals surface area contributed by atoms with Gasteiger partial charge in [-0.3, -0.25) is 10.1 Å². The van der Waals surface area contributed by atoms with Crippen molar-refractivity contribution < 1.29 is 4.92 Å². The maximum atomic E-state index is 11.2. The molecule has 0 radical (unpaired) electrons. The lowest BCUT2D eigenvalue weighted by molar-refractivity contribution is -0.384. The van der Waals surface area contributed by atoms with Gasteiger partial charge in [0.1, 0.15) is 5.69 Å². The predicted octanol–water partition coefficient (Wildman–Crippen LogP) is 3.27. The van der Waals surface area contributed by atoms with E-state index in [1.807, 2.05) is 13.8 Å². The lowest BCUT2D eigenvalue weighted by atomic mass is 10.1. The first-order chi connectivity index (χ1) is 9.01. The van der Waals surface area contributed by atoms with E-state index in [2.05, 4.69) is 17.3 Å². The van der Waals surface area contributed by atoms with Crippen LogP contribution in [0.1, 0.15) is 52.1 Å². The zero-order valence-electron chi connectivity index (χ0n) is 12.3. The summed E-state index contributed by atoms with van der Waals surface area (Å²) in [4.78, 5) is 10.9. The number of nitrogens with one attached hydrogen (secondary N) is 1. The number of hydrogen-bond acceptors (Lipinski definition) is 4. The molecule has 0 bridgehead atoms. The fraction of sp³-hybridized carbons (Fsp3) is 0.769. The topological polar surface area (TPSA) is 73.0 Å². The van der Waals surface area contributed by atoms with Crippen LogP contribution in [0.4, 0.5) is 11.5 Å². The van der Waals surface area contributed by atoms with Crippen molar-refractivity contribution in [2.45, 2.75) is 58.9 Å². The number of nitro groups is 1. The van der Waals surface area contributed by atoms with E-state index in [0.29, 0.717) is 17.9 Å². The highest BCUT2D eigenvalue weighted by Gasteiger charge is 2.26. The van der Waals surface area contributed by atoms with Gasteiger partial charge in [0.15, 0.2) is 0 Å². The average molecular weight is 268 g/mol. The van der Waals surface area contributed by atoms with Crippen LogP contribution in [-0.4, -0.2) is 20.7 Å². The van der Waals surface area contributed by atoms with Crippen LogP contribution in [-0.2, 0) is 13.5 Å². The maximum Gasteiger partial charge on any atom is 0.333 e. The molecular weight excluding hydrogens is 244 g/mol. The Morgan fingerprint density at radius 2 is 2.11 bits per heavy atom. The largest absolute Gasteiger partial charge is 0.362 e. The minimum atomic E-state index is -0.327. The van der Waals surface area contributed by atoms with Crippen LogP contribution in [0.3, 0.4) is 0 Å². The van der Waals surface area contributed by atoms with Crippen molar-refractivity contribution in [2.75, 3.05) is 5.32 Å². The van der Waals surface area contributed by atoms with Gasteiger partial charge in [0.2, 0.25) is 5.82 Å². The van der Waals surface area contributed by atoms with Crippen LogP contribution in [0.15, 0.2) is 0 Å². The minimum absolute atomic E-state index is 0.132. The highest BCUT2D eigenvalue weighted by molar-refractivity contribution is 5.60. The first kappa shape index (κ1) is 15.5. The molecule has 1 unspecified atom stereocenters. The number of nitrogens with zero attached hydrogens (tertiary/aromatic N) is 3. The van der Waals surface area contributed by atoms with Gasteiger partial charge < -0.3 is 5.32 Å². The van der Waals surface area contributed by atoms with Crippen LogP contribution >= 0.6 is 0 Å². The number of aromatic nitrogens is 2. The standard InChI is InChI=1S/C13H24N4O2/c1-5-7-9-10(3)14-13-12(17(18)19)11(8-6-2)15-16(13)4/h10,14H,5-9H2,1-4H3. The molecule has 0 saturated heterocycles. The second kappa shape index (κ2) is 7.11. The molecule has 1 N–H and O–H groups in total. The van der Waals surface area contributed by atoms with Gasteiger partial charge in [0.25, 0.3) is 0 Å². The molecule has 19 heavy (non-hydrogen) atoms. The van der Waals surface area contributed by atoms with E-state index in [9.17, 15) is 10.1 Å². The zero-order chi connectivity index (χ0) is 14.4. The predicted molar refractivity (Wildman–Crippen MR) is 76.5 cm³/mol. The molecule has 6 heteroatoms. The first-order valence-electron chi connectivity index (χ1n) is 6.98. The molecule has 0 aliphatic carbocycles. The van der Waals surface area contributed by atoms with Crippen LogP contribution in [0.5, 0.6) is 0 Å². The Bertz CT molecular complexity index is 429. The summed E-state index contributed by atoms with van der Waals surface area (Å²) in [6, 6.07) is 0.212. The molecule has 0 spiro atoms. The van der Waals surface area contributed by atoms with Crippen molar-refractivity contribution in [2.24, 2.45) is 7.05 Å². The second-order valence-corrected chi connectivity index (χ2v) is 4.96. The lowest BCUT2D eigenvalue weighted by Crippen LogP contribution is -2.18. The number of rotatable bonds is 8. The lowest BCUT2D eigenvalue weighted by Gasteiger charge is -2.14. The molecule has 0 aliphatic rings. The molecule has 1 heterocycles. The molecule has 1 aromatic heterocycles. The Kier molecular flexibility index (Phi) is 5.79. The van der Waals surface area contributed by atoms with E-state index in [-0.39, 0.29) is 16.7 Å². The Morgan fingerprint density at radius 1 is 1.42 bits per heavy atom. The normalized spacial score (nSPS) is 12.4. The Balaban J connectivity index is 2.95. The third-order valence-corrected chi connectivity index (χ3v) is 3.14. The molecule has 1 aromatic rings. The van der Waals surface area contributed by atoms with E-state index in [0.717, 1.165) is 25.7 Å². The molecule has 0 amide bonds. The highest BCUT2D eigenvalue weighted by Crippen LogP contribution is 2.29. The monoisotopic (exact) mass is 268 g/mol. The van der Waals surface area contributed by atoms with E-state index in [1.165, 1.54) is 0 Å². The molecule has 0 fully saturated rings. The summed E-state index contributed by atoms with van der Waals surface area (Å²) >= 11 is 0. The van der Waals surface area contributed by atoms with Crippen molar-refractivity contribution >= 4 is 11.5 Å². The van der Waals surface area contributed by atoms with Gasteiger partial charge >= 0.3 is 5.69 Å². The smallest absolute Gasteiger partial charge is 0.333 e. The molecule has 108 valence electrons. The number of aryl methyl sites for hydroxylation is 2. The van der Waals surface area contributed by atoms with E-state index >= 15 is 0 Å². The first-order valence-corrected chi connectivity index (χ1v) is 6.98. The van der Waals surface area contributed by atoms with Gasteiger partial charge in [-0.1, -0.05) is 33.1 Å². The van der Waals surface area contributed by atoms with Gasteiger partial charge in [-0.2, -0.15) is 5.10 Å². The van der Waals surface area contributed by atoms with Crippen LogP contribution in [0, 0.1) is 10.1 Å². The van der Waals surface area contributed by atoms with Crippen molar-refractivity contribution in [1.29, 1.82) is 0 Å². The maximum absolute atomic E-state index is 11.2. The van der Waals surface area contributed by atoms with Crippen molar-refractivity contribution in [3.63, 3.8) is 0 Å². The number of unbranched alkanes of at least 4 members (excludes halogenated alkanes) is 1. The van der Waals surface area contributed by atoms with Gasteiger partial charge in [-0.05, 0) is 19.8 Å². The molecule has 6 nitrogen and oxygen atoms in total. The average Bonchev–Trinajstić information content (AvgIpc) is 2.64. The molecule has 0 aromatic carbocycles. The summed E-state index contributed by atoms with van der Waals surface area (Å²) in [6.07, 6.45) is 4.72. The van der Waals surface area contributed by atoms with E-state index < -0.39 is 0 Å². The molecule has 0 saturated carbocycles. The molecular formula is C13H24N4O2. The van der Waals surface area contributed by atoms with E-state index in [1.54, 1.807) is 11.7 Å². The summed E-state index contributed by atoms with van der Waals surface area (Å²) < 4.78 is 1.59. The van der Waals surface area contributed by atoms with Gasteiger partial charge in [-0.25, -0.2) is 4.68 Å². The van der Waals surface area contributed by atoms with Crippen LogP contribution in [0.2, 0.25) is 0 Å². The summed E-state index contributed by atoms with van der Waals surface area (Å²) in [7, 11) is 1.75. The Morgan fingerprint density at radius 3 is 2.63 bits per heavy atom. The SMILES string of the molecule is CCCCC(C)Nc1c([N+](=O)[O-])c(CCC)nn1C.